The van der Waals surface area contributed by atoms with E-state index >= 15 is 0 Å². The summed E-state index contributed by atoms with van der Waals surface area (Å²) in [5.74, 6) is 0. The van der Waals surface area contributed by atoms with E-state index in [1.165, 1.54) is 33.0 Å². The van der Waals surface area contributed by atoms with Gasteiger partial charge >= 0.3 is 0 Å². The van der Waals surface area contributed by atoms with Crippen molar-refractivity contribution in [3.63, 3.8) is 0 Å². The molecule has 0 spiro atoms. The van der Waals surface area contributed by atoms with E-state index in [-0.39, 0.29) is 5.41 Å². The van der Waals surface area contributed by atoms with Gasteiger partial charge in [0.1, 0.15) is 11.2 Å². The van der Waals surface area contributed by atoms with Crippen molar-refractivity contribution >= 4 is 71.7 Å². The molecule has 52 heavy (non-hydrogen) atoms. The van der Waals surface area contributed by atoms with E-state index < -0.39 is 0 Å². The molecule has 0 atom stereocenters. The standard InChI is InChI=1S/C49H33NO2/c1-49(2)40-22-10-8-18-34(40)35-27-26-32(29-41(35)49)50(42-23-12-20-37-36-19-9-11-25-44(36)51-46(37)42)43-24-13-21-38-39-28-31-16-6-7-17-33(31)45(48(39)52-47(38)43)30-14-4-3-5-15-30/h3-29H,1-2H3. The second-order valence-corrected chi connectivity index (χ2v) is 14.5. The van der Waals surface area contributed by atoms with Gasteiger partial charge < -0.3 is 13.7 Å². The molecule has 3 nitrogen and oxygen atoms in total. The lowest BCUT2D eigenvalue weighted by atomic mass is 9.82. The molecule has 246 valence electrons. The molecule has 0 saturated heterocycles. The summed E-state index contributed by atoms with van der Waals surface area (Å²) in [6.45, 7) is 4.67. The summed E-state index contributed by atoms with van der Waals surface area (Å²) >= 11 is 0. The molecule has 0 amide bonds. The zero-order chi connectivity index (χ0) is 34.6. The number of anilines is 3. The Morgan fingerprint density at radius 1 is 0.442 bits per heavy atom. The van der Waals surface area contributed by atoms with Crippen molar-refractivity contribution in [2.75, 3.05) is 4.90 Å². The van der Waals surface area contributed by atoms with Gasteiger partial charge in [-0.3, -0.25) is 0 Å². The molecule has 0 fully saturated rings. The SMILES string of the molecule is CC1(C)c2ccccc2-c2ccc(N(c3cccc4c3oc3ccccc34)c3cccc4c3oc3c(-c5ccccc5)c5ccccc5cc34)cc21. The molecular weight excluding hydrogens is 635 g/mol. The van der Waals surface area contributed by atoms with Crippen LogP contribution in [0.5, 0.6) is 0 Å². The summed E-state index contributed by atoms with van der Waals surface area (Å²) < 4.78 is 13.9. The van der Waals surface area contributed by atoms with E-state index in [1.54, 1.807) is 0 Å². The van der Waals surface area contributed by atoms with Crippen molar-refractivity contribution in [1.29, 1.82) is 0 Å². The molecule has 11 rings (SSSR count). The van der Waals surface area contributed by atoms with Crippen LogP contribution in [0.2, 0.25) is 0 Å². The van der Waals surface area contributed by atoms with Crippen molar-refractivity contribution in [2.45, 2.75) is 19.3 Å². The lowest BCUT2D eigenvalue weighted by Crippen LogP contribution is -2.16. The van der Waals surface area contributed by atoms with Crippen LogP contribution in [0.25, 0.3) is 76.9 Å². The molecule has 2 aromatic heterocycles. The molecular formula is C49H33NO2. The molecule has 8 aromatic carbocycles. The normalized spacial score (nSPS) is 13.3. The monoisotopic (exact) mass is 667 g/mol. The summed E-state index contributed by atoms with van der Waals surface area (Å²) in [5, 5.41) is 6.72. The second kappa shape index (κ2) is 10.7. The second-order valence-electron chi connectivity index (χ2n) is 14.5. The van der Waals surface area contributed by atoms with Gasteiger partial charge in [-0.2, -0.15) is 0 Å². The Morgan fingerprint density at radius 2 is 1.08 bits per heavy atom. The topological polar surface area (TPSA) is 29.5 Å². The van der Waals surface area contributed by atoms with Crippen LogP contribution in [0.3, 0.4) is 0 Å². The van der Waals surface area contributed by atoms with E-state index in [1.807, 2.05) is 12.1 Å². The van der Waals surface area contributed by atoms with Gasteiger partial charge in [0.05, 0.1) is 11.4 Å². The molecule has 0 radical (unpaired) electrons. The predicted molar refractivity (Wildman–Crippen MR) is 216 cm³/mol. The molecule has 1 aliphatic carbocycles. The Bertz CT molecular complexity index is 3050. The fraction of sp³-hybridized carbons (Fsp3) is 0.0612. The third-order valence-electron chi connectivity index (χ3n) is 11.2. The van der Waals surface area contributed by atoms with Gasteiger partial charge in [0.2, 0.25) is 0 Å². The van der Waals surface area contributed by atoms with Crippen LogP contribution in [0.1, 0.15) is 25.0 Å². The lowest BCUT2D eigenvalue weighted by molar-refractivity contribution is 0.660. The maximum Gasteiger partial charge on any atom is 0.159 e. The van der Waals surface area contributed by atoms with E-state index in [9.17, 15) is 0 Å². The van der Waals surface area contributed by atoms with Crippen molar-refractivity contribution < 1.29 is 8.83 Å². The number of rotatable bonds is 4. The van der Waals surface area contributed by atoms with E-state index in [0.29, 0.717) is 0 Å². The van der Waals surface area contributed by atoms with Crippen LogP contribution in [0.15, 0.2) is 173 Å². The zero-order valence-corrected chi connectivity index (χ0v) is 28.9. The average molecular weight is 668 g/mol. The zero-order valence-electron chi connectivity index (χ0n) is 28.9. The minimum absolute atomic E-state index is 0.158. The minimum Gasteiger partial charge on any atom is -0.454 e. The third kappa shape index (κ3) is 4.02. The number of nitrogens with zero attached hydrogens (tertiary/aromatic N) is 1. The smallest absolute Gasteiger partial charge is 0.159 e. The molecule has 0 unspecified atom stereocenters. The molecule has 0 bridgehead atoms. The van der Waals surface area contributed by atoms with Gasteiger partial charge in [-0.1, -0.05) is 141 Å². The highest BCUT2D eigenvalue weighted by molar-refractivity contribution is 6.20. The Balaban J connectivity index is 1.23. The minimum atomic E-state index is -0.158. The molecule has 0 aliphatic heterocycles. The van der Waals surface area contributed by atoms with Gasteiger partial charge in [-0.05, 0) is 75.0 Å². The van der Waals surface area contributed by atoms with Gasteiger partial charge in [0.15, 0.2) is 11.2 Å². The Hall–Kier alpha value is -6.58. The van der Waals surface area contributed by atoms with Gasteiger partial charge in [-0.15, -0.1) is 0 Å². The summed E-state index contributed by atoms with van der Waals surface area (Å²) in [5.41, 5.74) is 13.7. The first kappa shape index (κ1) is 29.2. The van der Waals surface area contributed by atoms with Crippen LogP contribution < -0.4 is 4.90 Å². The van der Waals surface area contributed by atoms with Crippen LogP contribution in [0, 0.1) is 0 Å². The molecule has 1 aliphatic rings. The highest BCUT2D eigenvalue weighted by atomic mass is 16.3. The van der Waals surface area contributed by atoms with Gasteiger partial charge in [-0.25, -0.2) is 0 Å². The van der Waals surface area contributed by atoms with Crippen LogP contribution in [0.4, 0.5) is 17.1 Å². The van der Waals surface area contributed by atoms with Crippen LogP contribution in [-0.2, 0) is 5.41 Å². The van der Waals surface area contributed by atoms with E-state index in [2.05, 4.69) is 170 Å². The molecule has 10 aromatic rings. The first-order valence-corrected chi connectivity index (χ1v) is 17.9. The number of benzene rings is 8. The summed E-state index contributed by atoms with van der Waals surface area (Å²) in [6.07, 6.45) is 0. The quantitative estimate of drug-likeness (QED) is 0.187. The highest BCUT2D eigenvalue weighted by Gasteiger charge is 2.36. The number of hydrogen-bond donors (Lipinski definition) is 0. The Kier molecular flexibility index (Phi) is 6.01. The predicted octanol–water partition coefficient (Wildman–Crippen LogP) is 14.1. The first-order valence-electron chi connectivity index (χ1n) is 17.9. The number of fused-ring (bicyclic) bond motifs is 10. The van der Waals surface area contributed by atoms with Crippen molar-refractivity contribution in [2.24, 2.45) is 0 Å². The fourth-order valence-corrected chi connectivity index (χ4v) is 8.80. The summed E-state index contributed by atoms with van der Waals surface area (Å²) in [7, 11) is 0. The number of furan rings is 2. The maximum absolute atomic E-state index is 7.18. The van der Waals surface area contributed by atoms with Gasteiger partial charge in [0, 0.05) is 38.2 Å². The summed E-state index contributed by atoms with van der Waals surface area (Å²) in [4.78, 5) is 2.34. The third-order valence-corrected chi connectivity index (χ3v) is 11.2. The maximum atomic E-state index is 7.18. The number of para-hydroxylation sites is 3. The Labute approximate surface area is 301 Å². The average Bonchev–Trinajstić information content (AvgIpc) is 3.83. The first-order chi connectivity index (χ1) is 25.6. The van der Waals surface area contributed by atoms with E-state index in [0.717, 1.165) is 72.1 Å². The van der Waals surface area contributed by atoms with Crippen LogP contribution in [-0.4, -0.2) is 0 Å². The van der Waals surface area contributed by atoms with E-state index in [4.69, 9.17) is 8.83 Å². The number of hydrogen-bond acceptors (Lipinski definition) is 3. The van der Waals surface area contributed by atoms with Gasteiger partial charge in [0.25, 0.3) is 0 Å². The lowest BCUT2D eigenvalue weighted by Gasteiger charge is -2.28. The Morgan fingerprint density at radius 3 is 1.90 bits per heavy atom. The van der Waals surface area contributed by atoms with Crippen molar-refractivity contribution in [1.82, 2.24) is 0 Å². The molecule has 2 heterocycles. The van der Waals surface area contributed by atoms with Crippen LogP contribution >= 0.6 is 0 Å². The highest BCUT2D eigenvalue weighted by Crippen LogP contribution is 2.53. The summed E-state index contributed by atoms with van der Waals surface area (Å²) in [6, 6.07) is 58.5. The largest absolute Gasteiger partial charge is 0.454 e. The molecule has 3 heteroatoms. The fourth-order valence-electron chi connectivity index (χ4n) is 8.80. The molecule has 0 saturated carbocycles. The van der Waals surface area contributed by atoms with Crippen molar-refractivity contribution in [3.8, 4) is 22.3 Å². The van der Waals surface area contributed by atoms with Crippen molar-refractivity contribution in [3.05, 3.63) is 175 Å². The molecule has 0 N–H and O–H groups in total.